The highest BCUT2D eigenvalue weighted by atomic mass is 35.5. The number of hydrogen-bond donors (Lipinski definition) is 1. The number of rotatable bonds is 2. The van der Waals surface area contributed by atoms with Gasteiger partial charge in [0.1, 0.15) is 17.2 Å². The summed E-state index contributed by atoms with van der Waals surface area (Å²) in [6.07, 6.45) is 0. The van der Waals surface area contributed by atoms with Crippen LogP contribution in [0.15, 0.2) is 24.3 Å². The summed E-state index contributed by atoms with van der Waals surface area (Å²) in [7, 11) is 0. The Morgan fingerprint density at radius 3 is 2.26 bits per heavy atom. The number of aromatic nitrogens is 1. The molecule has 0 fully saturated rings. The minimum absolute atomic E-state index is 0.0893. The molecule has 7 heteroatoms. The van der Waals surface area contributed by atoms with Gasteiger partial charge in [-0.05, 0) is 24.3 Å². The fourth-order valence-electron chi connectivity index (χ4n) is 1.51. The third kappa shape index (κ3) is 2.81. The summed E-state index contributed by atoms with van der Waals surface area (Å²) >= 11 is 17.7. The Morgan fingerprint density at radius 1 is 1.16 bits per heavy atom. The molecule has 1 aromatic heterocycles. The van der Waals surface area contributed by atoms with Crippen molar-refractivity contribution in [3.8, 4) is 11.3 Å². The Hall–Kier alpha value is -1.36. The van der Waals surface area contributed by atoms with Gasteiger partial charge >= 0.3 is 5.97 Å². The highest BCUT2D eigenvalue weighted by Crippen LogP contribution is 2.37. The minimum Gasteiger partial charge on any atom is -0.477 e. The van der Waals surface area contributed by atoms with Crippen LogP contribution in [0.1, 0.15) is 10.5 Å². The molecular formula is C12H5Cl3FNO2. The van der Waals surface area contributed by atoms with Gasteiger partial charge in [0.05, 0.1) is 10.0 Å². The number of benzene rings is 1. The zero-order chi connectivity index (χ0) is 14.2. The molecule has 0 spiro atoms. The van der Waals surface area contributed by atoms with Crippen LogP contribution in [0.2, 0.25) is 15.1 Å². The molecule has 0 bridgehead atoms. The molecule has 98 valence electrons. The van der Waals surface area contributed by atoms with Crippen LogP contribution in [-0.2, 0) is 0 Å². The first kappa shape index (κ1) is 14.1. The molecule has 0 saturated carbocycles. The maximum absolute atomic E-state index is 13.8. The van der Waals surface area contributed by atoms with Crippen LogP contribution >= 0.6 is 34.8 Å². The highest BCUT2D eigenvalue weighted by Gasteiger charge is 2.18. The minimum atomic E-state index is -1.28. The molecule has 0 saturated heterocycles. The van der Waals surface area contributed by atoms with E-state index in [-0.39, 0.29) is 32.0 Å². The number of carboxylic acid groups (broad SMARTS) is 1. The Kier molecular flexibility index (Phi) is 3.94. The summed E-state index contributed by atoms with van der Waals surface area (Å²) < 4.78 is 13.8. The van der Waals surface area contributed by atoms with Gasteiger partial charge in [-0.3, -0.25) is 0 Å². The number of carbonyl (C=O) groups is 1. The van der Waals surface area contributed by atoms with Crippen molar-refractivity contribution in [1.82, 2.24) is 4.98 Å². The van der Waals surface area contributed by atoms with Crippen molar-refractivity contribution in [3.05, 3.63) is 50.8 Å². The molecule has 19 heavy (non-hydrogen) atoms. The summed E-state index contributed by atoms with van der Waals surface area (Å²) in [4.78, 5) is 14.6. The maximum atomic E-state index is 13.8. The van der Waals surface area contributed by atoms with Crippen LogP contribution < -0.4 is 0 Å². The number of nitrogens with zero attached hydrogens (tertiary/aromatic N) is 1. The van der Waals surface area contributed by atoms with Gasteiger partial charge in [-0.1, -0.05) is 34.8 Å². The van der Waals surface area contributed by atoms with E-state index in [4.69, 9.17) is 39.9 Å². The summed E-state index contributed by atoms with van der Waals surface area (Å²) in [6, 6.07) is 4.80. The van der Waals surface area contributed by atoms with Crippen LogP contribution in [0.25, 0.3) is 11.3 Å². The SMILES string of the molecule is O=C(O)c1ccc(F)c(-c2c(Cl)cc(Cl)cc2Cl)n1. The first-order chi connectivity index (χ1) is 8.90. The van der Waals surface area contributed by atoms with E-state index in [1.54, 1.807) is 0 Å². The summed E-state index contributed by atoms with van der Waals surface area (Å²) in [5.74, 6) is -2.00. The van der Waals surface area contributed by atoms with Gasteiger partial charge in [0.15, 0.2) is 0 Å². The van der Waals surface area contributed by atoms with E-state index < -0.39 is 11.8 Å². The van der Waals surface area contributed by atoms with Crippen molar-refractivity contribution < 1.29 is 14.3 Å². The molecule has 0 atom stereocenters. The van der Waals surface area contributed by atoms with Crippen LogP contribution in [-0.4, -0.2) is 16.1 Å². The van der Waals surface area contributed by atoms with Gasteiger partial charge in [0.25, 0.3) is 0 Å². The smallest absolute Gasteiger partial charge is 0.354 e. The molecule has 0 radical (unpaired) electrons. The normalized spacial score (nSPS) is 10.5. The number of aromatic carboxylic acids is 1. The number of hydrogen-bond acceptors (Lipinski definition) is 2. The van der Waals surface area contributed by atoms with Gasteiger partial charge < -0.3 is 5.11 Å². The molecule has 1 heterocycles. The van der Waals surface area contributed by atoms with E-state index in [1.165, 1.54) is 12.1 Å². The van der Waals surface area contributed by atoms with Crippen LogP contribution in [0, 0.1) is 5.82 Å². The van der Waals surface area contributed by atoms with Crippen molar-refractivity contribution in [3.63, 3.8) is 0 Å². The zero-order valence-electron chi connectivity index (χ0n) is 9.12. The average Bonchev–Trinajstić information content (AvgIpc) is 2.29. The zero-order valence-corrected chi connectivity index (χ0v) is 11.4. The number of carboxylic acids is 1. The highest BCUT2D eigenvalue weighted by molar-refractivity contribution is 6.41. The number of pyridine rings is 1. The molecule has 1 aromatic carbocycles. The van der Waals surface area contributed by atoms with Crippen molar-refractivity contribution in [2.24, 2.45) is 0 Å². The first-order valence-corrected chi connectivity index (χ1v) is 6.08. The predicted molar refractivity (Wildman–Crippen MR) is 71.6 cm³/mol. The molecule has 0 aliphatic carbocycles. The third-order valence-electron chi connectivity index (χ3n) is 2.31. The molecule has 3 nitrogen and oxygen atoms in total. The molecule has 0 amide bonds. The molecule has 1 N–H and O–H groups in total. The lowest BCUT2D eigenvalue weighted by atomic mass is 10.1. The summed E-state index contributed by atoms with van der Waals surface area (Å²) in [5, 5.41) is 9.32. The molecule has 0 aliphatic heterocycles. The molecule has 0 aliphatic rings. The van der Waals surface area contributed by atoms with E-state index in [9.17, 15) is 9.18 Å². The Balaban J connectivity index is 2.71. The average molecular weight is 321 g/mol. The predicted octanol–water partition coefficient (Wildman–Crippen LogP) is 4.55. The van der Waals surface area contributed by atoms with Gasteiger partial charge in [-0.2, -0.15) is 0 Å². The van der Waals surface area contributed by atoms with Gasteiger partial charge in [-0.15, -0.1) is 0 Å². The third-order valence-corrected chi connectivity index (χ3v) is 3.12. The van der Waals surface area contributed by atoms with E-state index in [2.05, 4.69) is 4.98 Å². The topological polar surface area (TPSA) is 50.2 Å². The van der Waals surface area contributed by atoms with Gasteiger partial charge in [0, 0.05) is 10.6 Å². The lowest BCUT2D eigenvalue weighted by molar-refractivity contribution is 0.0690. The van der Waals surface area contributed by atoms with E-state index in [1.807, 2.05) is 0 Å². The lowest BCUT2D eigenvalue weighted by Gasteiger charge is -2.09. The molecular weight excluding hydrogens is 315 g/mol. The van der Waals surface area contributed by atoms with Crippen molar-refractivity contribution in [2.45, 2.75) is 0 Å². The maximum Gasteiger partial charge on any atom is 0.354 e. The Morgan fingerprint density at radius 2 is 1.74 bits per heavy atom. The van der Waals surface area contributed by atoms with Crippen molar-refractivity contribution in [1.29, 1.82) is 0 Å². The van der Waals surface area contributed by atoms with Gasteiger partial charge in [0.2, 0.25) is 0 Å². The fraction of sp³-hybridized carbons (Fsp3) is 0. The summed E-state index contributed by atoms with van der Waals surface area (Å²) in [6.45, 7) is 0. The van der Waals surface area contributed by atoms with Crippen LogP contribution in [0.3, 0.4) is 0 Å². The first-order valence-electron chi connectivity index (χ1n) is 4.95. The van der Waals surface area contributed by atoms with Gasteiger partial charge in [-0.25, -0.2) is 14.2 Å². The van der Waals surface area contributed by atoms with E-state index >= 15 is 0 Å². The summed E-state index contributed by atoms with van der Waals surface area (Å²) in [5.41, 5.74) is -0.432. The van der Waals surface area contributed by atoms with Crippen molar-refractivity contribution in [2.75, 3.05) is 0 Å². The molecule has 2 aromatic rings. The monoisotopic (exact) mass is 319 g/mol. The Labute approximate surface area is 122 Å². The standard InChI is InChI=1S/C12H5Cl3FNO2/c13-5-3-6(14)10(7(15)4-5)11-8(16)1-2-9(17-11)12(18)19/h1-4H,(H,18,19). The van der Waals surface area contributed by atoms with E-state index in [0.717, 1.165) is 12.1 Å². The number of halogens is 4. The van der Waals surface area contributed by atoms with E-state index in [0.29, 0.717) is 0 Å². The molecule has 0 unspecified atom stereocenters. The Bertz CT molecular complexity index is 653. The second kappa shape index (κ2) is 5.33. The second-order valence-electron chi connectivity index (χ2n) is 3.58. The van der Waals surface area contributed by atoms with Crippen LogP contribution in [0.5, 0.6) is 0 Å². The fourth-order valence-corrected chi connectivity index (χ4v) is 2.50. The second-order valence-corrected chi connectivity index (χ2v) is 4.83. The lowest BCUT2D eigenvalue weighted by Crippen LogP contribution is -2.03. The quantitative estimate of drug-likeness (QED) is 0.883. The van der Waals surface area contributed by atoms with Crippen molar-refractivity contribution >= 4 is 40.8 Å². The van der Waals surface area contributed by atoms with Crippen LogP contribution in [0.4, 0.5) is 4.39 Å². The molecule has 2 rings (SSSR count). The largest absolute Gasteiger partial charge is 0.477 e.